The Morgan fingerprint density at radius 3 is 2.58 bits per heavy atom. The van der Waals surface area contributed by atoms with Crippen molar-refractivity contribution in [1.82, 2.24) is 15.4 Å². The molecule has 0 aromatic carbocycles. The maximum atomic E-state index is 12.0. The zero-order valence-electron chi connectivity index (χ0n) is 15.0. The molecule has 8 heteroatoms. The zero-order valence-corrected chi connectivity index (χ0v) is 16.6. The summed E-state index contributed by atoms with van der Waals surface area (Å²) in [5.41, 5.74) is 0. The molecule has 1 aromatic rings. The number of hydrogen-bond acceptors (Lipinski definition) is 4. The van der Waals surface area contributed by atoms with E-state index >= 15 is 0 Å². The molecular weight excluding hydrogens is 344 g/mol. The van der Waals surface area contributed by atoms with Crippen LogP contribution < -0.4 is 15.4 Å². The lowest BCUT2D eigenvalue weighted by Gasteiger charge is -2.18. The lowest BCUT2D eigenvalue weighted by Crippen LogP contribution is -2.44. The first-order valence-corrected chi connectivity index (χ1v) is 10.7. The minimum absolute atomic E-state index is 0.308. The molecule has 1 rings (SSSR count). The molecule has 1 heterocycles. The molecule has 0 aliphatic carbocycles. The number of thiophene rings is 1. The van der Waals surface area contributed by atoms with Gasteiger partial charge in [-0.1, -0.05) is 32.8 Å². The Kier molecular flexibility index (Phi) is 9.31. The summed E-state index contributed by atoms with van der Waals surface area (Å²) in [4.78, 5) is 4.17. The summed E-state index contributed by atoms with van der Waals surface area (Å²) in [6.07, 6.45) is 3.50. The van der Waals surface area contributed by atoms with Crippen molar-refractivity contribution in [3.63, 3.8) is 0 Å². The standard InChI is InChI=1S/C16H30N4O2S2/c1-13(2)7-5-8-14(3)20-16(17-4)18-10-11-19-24(21,22)15-9-6-12-23-15/h6,9,12-14,19H,5,7-8,10-11H2,1-4H3,(H2,17,18,20). The number of rotatable bonds is 10. The van der Waals surface area contributed by atoms with Gasteiger partial charge in [-0.3, -0.25) is 4.99 Å². The Hall–Kier alpha value is -1.12. The summed E-state index contributed by atoms with van der Waals surface area (Å²) in [6.45, 7) is 7.38. The van der Waals surface area contributed by atoms with Gasteiger partial charge in [0.05, 0.1) is 0 Å². The highest BCUT2D eigenvalue weighted by Crippen LogP contribution is 2.14. The molecule has 0 amide bonds. The van der Waals surface area contributed by atoms with Gasteiger partial charge in [0.1, 0.15) is 4.21 Å². The third-order valence-corrected chi connectivity index (χ3v) is 6.35. The van der Waals surface area contributed by atoms with Crippen LogP contribution in [0.1, 0.15) is 40.0 Å². The monoisotopic (exact) mass is 374 g/mol. The second-order valence-corrected chi connectivity index (χ2v) is 9.14. The third kappa shape index (κ3) is 8.12. The second-order valence-electron chi connectivity index (χ2n) is 6.20. The minimum atomic E-state index is -3.40. The van der Waals surface area contributed by atoms with Gasteiger partial charge in [-0.15, -0.1) is 11.3 Å². The fourth-order valence-corrected chi connectivity index (χ4v) is 4.26. The van der Waals surface area contributed by atoms with E-state index in [-0.39, 0.29) is 0 Å². The van der Waals surface area contributed by atoms with Crippen LogP contribution in [0, 0.1) is 5.92 Å². The van der Waals surface area contributed by atoms with Crippen molar-refractivity contribution in [2.45, 2.75) is 50.3 Å². The van der Waals surface area contributed by atoms with Crippen LogP contribution in [0.2, 0.25) is 0 Å². The Morgan fingerprint density at radius 1 is 1.25 bits per heavy atom. The lowest BCUT2D eigenvalue weighted by atomic mass is 10.0. The van der Waals surface area contributed by atoms with Crippen molar-refractivity contribution in [2.24, 2.45) is 10.9 Å². The van der Waals surface area contributed by atoms with Gasteiger partial charge < -0.3 is 10.6 Å². The lowest BCUT2D eigenvalue weighted by molar-refractivity contribution is 0.491. The molecule has 24 heavy (non-hydrogen) atoms. The van der Waals surface area contributed by atoms with Gasteiger partial charge in [-0.05, 0) is 30.7 Å². The summed E-state index contributed by atoms with van der Waals surface area (Å²) < 4.78 is 26.9. The minimum Gasteiger partial charge on any atom is -0.355 e. The first-order valence-electron chi connectivity index (χ1n) is 8.35. The molecule has 0 spiro atoms. The molecule has 0 radical (unpaired) electrons. The van der Waals surface area contributed by atoms with Crippen molar-refractivity contribution < 1.29 is 8.42 Å². The topological polar surface area (TPSA) is 82.6 Å². The Morgan fingerprint density at radius 2 is 2.00 bits per heavy atom. The molecule has 1 unspecified atom stereocenters. The van der Waals surface area contributed by atoms with E-state index in [1.807, 2.05) is 0 Å². The fraction of sp³-hybridized carbons (Fsp3) is 0.688. The number of hydrogen-bond donors (Lipinski definition) is 3. The maximum absolute atomic E-state index is 12.0. The van der Waals surface area contributed by atoms with Crippen LogP contribution in [-0.2, 0) is 10.0 Å². The first-order chi connectivity index (χ1) is 11.3. The van der Waals surface area contributed by atoms with Crippen LogP contribution in [-0.4, -0.2) is 40.6 Å². The fourth-order valence-electron chi connectivity index (χ4n) is 2.19. The number of guanidine groups is 1. The number of nitrogens with one attached hydrogen (secondary N) is 3. The Bertz CT molecular complexity index is 583. The molecule has 0 bridgehead atoms. The normalized spacial score (nSPS) is 14.0. The van der Waals surface area contributed by atoms with Crippen molar-refractivity contribution >= 4 is 27.3 Å². The summed E-state index contributed by atoms with van der Waals surface area (Å²) in [7, 11) is -1.68. The zero-order chi connectivity index (χ0) is 18.0. The number of aliphatic imine (C=N–C) groups is 1. The molecule has 0 fully saturated rings. The van der Waals surface area contributed by atoms with E-state index in [1.54, 1.807) is 24.6 Å². The maximum Gasteiger partial charge on any atom is 0.250 e. The van der Waals surface area contributed by atoms with Crippen LogP contribution in [0.5, 0.6) is 0 Å². The quantitative estimate of drug-likeness (QED) is 0.334. The SMILES string of the molecule is CN=C(NCCNS(=O)(=O)c1cccs1)NC(C)CCCC(C)C. The van der Waals surface area contributed by atoms with Crippen LogP contribution in [0.15, 0.2) is 26.7 Å². The highest BCUT2D eigenvalue weighted by Gasteiger charge is 2.14. The van der Waals surface area contributed by atoms with Crippen molar-refractivity contribution in [1.29, 1.82) is 0 Å². The van der Waals surface area contributed by atoms with Crippen molar-refractivity contribution in [3.8, 4) is 0 Å². The predicted molar refractivity (Wildman–Crippen MR) is 102 cm³/mol. The van der Waals surface area contributed by atoms with Crippen LogP contribution in [0.25, 0.3) is 0 Å². The van der Waals surface area contributed by atoms with E-state index in [2.05, 4.69) is 41.1 Å². The van der Waals surface area contributed by atoms with Crippen LogP contribution >= 0.6 is 11.3 Å². The summed E-state index contributed by atoms with van der Waals surface area (Å²) in [5.74, 6) is 1.42. The highest BCUT2D eigenvalue weighted by atomic mass is 32.2. The molecular formula is C16H30N4O2S2. The molecule has 1 atom stereocenters. The Balaban J connectivity index is 2.27. The molecule has 0 saturated heterocycles. The van der Waals surface area contributed by atoms with Crippen LogP contribution in [0.4, 0.5) is 0 Å². The van der Waals surface area contributed by atoms with E-state index < -0.39 is 10.0 Å². The van der Waals surface area contributed by atoms with E-state index in [9.17, 15) is 8.42 Å². The molecule has 0 aliphatic rings. The molecule has 0 aliphatic heterocycles. The predicted octanol–water partition coefficient (Wildman–Crippen LogP) is 2.41. The number of nitrogens with zero attached hydrogens (tertiary/aromatic N) is 1. The first kappa shape index (κ1) is 20.9. The average Bonchev–Trinajstić information content (AvgIpc) is 3.05. The summed E-state index contributed by atoms with van der Waals surface area (Å²) >= 11 is 1.21. The van der Waals surface area contributed by atoms with Gasteiger partial charge in [0.15, 0.2) is 5.96 Å². The van der Waals surface area contributed by atoms with E-state index in [1.165, 1.54) is 24.2 Å². The third-order valence-electron chi connectivity index (χ3n) is 3.49. The van der Waals surface area contributed by atoms with Gasteiger partial charge >= 0.3 is 0 Å². The van der Waals surface area contributed by atoms with E-state index in [0.717, 1.165) is 12.3 Å². The van der Waals surface area contributed by atoms with Gasteiger partial charge in [0, 0.05) is 26.2 Å². The molecule has 3 N–H and O–H groups in total. The molecule has 0 saturated carbocycles. The van der Waals surface area contributed by atoms with Gasteiger partial charge in [-0.2, -0.15) is 0 Å². The van der Waals surface area contributed by atoms with Crippen molar-refractivity contribution in [3.05, 3.63) is 17.5 Å². The number of sulfonamides is 1. The molecule has 138 valence electrons. The van der Waals surface area contributed by atoms with E-state index in [0.29, 0.717) is 29.3 Å². The average molecular weight is 375 g/mol. The largest absolute Gasteiger partial charge is 0.355 e. The van der Waals surface area contributed by atoms with Crippen molar-refractivity contribution in [2.75, 3.05) is 20.1 Å². The molecule has 1 aromatic heterocycles. The van der Waals surface area contributed by atoms with Gasteiger partial charge in [0.25, 0.3) is 0 Å². The van der Waals surface area contributed by atoms with Crippen LogP contribution in [0.3, 0.4) is 0 Å². The second kappa shape index (κ2) is 10.7. The smallest absolute Gasteiger partial charge is 0.250 e. The summed E-state index contributed by atoms with van der Waals surface area (Å²) in [6, 6.07) is 3.65. The Labute approximate surface area is 150 Å². The van der Waals surface area contributed by atoms with E-state index in [4.69, 9.17) is 0 Å². The van der Waals surface area contributed by atoms with Gasteiger partial charge in [-0.25, -0.2) is 13.1 Å². The summed E-state index contributed by atoms with van der Waals surface area (Å²) in [5, 5.41) is 8.21. The van der Waals surface area contributed by atoms with Gasteiger partial charge in [0.2, 0.25) is 10.0 Å². The highest BCUT2D eigenvalue weighted by molar-refractivity contribution is 7.91. The molecule has 6 nitrogen and oxygen atoms in total.